The molecule has 0 spiro atoms. The number of nitrogens with two attached hydrogens (primary N) is 1. The maximum absolute atomic E-state index is 5.96. The van der Waals surface area contributed by atoms with Gasteiger partial charge in [-0.15, -0.1) is 0 Å². The van der Waals surface area contributed by atoms with Crippen LogP contribution < -0.4 is 5.73 Å². The maximum atomic E-state index is 5.96. The molecule has 132 valence electrons. The Kier molecular flexibility index (Phi) is 10.9. The first kappa shape index (κ1) is 20.1. The van der Waals surface area contributed by atoms with Crippen molar-refractivity contribution in [1.29, 1.82) is 0 Å². The van der Waals surface area contributed by atoms with Gasteiger partial charge in [-0.25, -0.2) is 0 Å². The molecule has 0 atom stereocenters. The Morgan fingerprint density at radius 2 is 1.13 bits per heavy atom. The largest absolute Gasteiger partial charge is 0.399 e. The highest BCUT2D eigenvalue weighted by Gasteiger charge is 2.03. The molecule has 1 heteroatoms. The van der Waals surface area contributed by atoms with Gasteiger partial charge in [-0.05, 0) is 49.4 Å². The van der Waals surface area contributed by atoms with Gasteiger partial charge in [0.2, 0.25) is 0 Å². The van der Waals surface area contributed by atoms with Gasteiger partial charge in [0.1, 0.15) is 0 Å². The summed E-state index contributed by atoms with van der Waals surface area (Å²) in [6.45, 7) is 6.63. The van der Waals surface area contributed by atoms with E-state index >= 15 is 0 Å². The van der Waals surface area contributed by atoms with Gasteiger partial charge in [0, 0.05) is 5.69 Å². The normalized spacial score (nSPS) is 11.1. The zero-order valence-corrected chi connectivity index (χ0v) is 15.9. The van der Waals surface area contributed by atoms with Crippen LogP contribution in [-0.4, -0.2) is 0 Å². The fourth-order valence-electron chi connectivity index (χ4n) is 3.32. The summed E-state index contributed by atoms with van der Waals surface area (Å²) >= 11 is 0. The number of hydrogen-bond acceptors (Lipinski definition) is 1. The molecule has 0 saturated carbocycles. The fourth-order valence-corrected chi connectivity index (χ4v) is 3.32. The Morgan fingerprint density at radius 3 is 1.65 bits per heavy atom. The van der Waals surface area contributed by atoms with Crippen molar-refractivity contribution in [1.82, 2.24) is 0 Å². The van der Waals surface area contributed by atoms with Crippen molar-refractivity contribution in [3.05, 3.63) is 28.8 Å². The van der Waals surface area contributed by atoms with Crippen LogP contribution in [0.25, 0.3) is 0 Å². The van der Waals surface area contributed by atoms with Crippen LogP contribution in [0.1, 0.15) is 101 Å². The summed E-state index contributed by atoms with van der Waals surface area (Å²) in [5.41, 5.74) is 11.0. The van der Waals surface area contributed by atoms with E-state index in [1.165, 1.54) is 100 Å². The molecule has 23 heavy (non-hydrogen) atoms. The summed E-state index contributed by atoms with van der Waals surface area (Å²) in [4.78, 5) is 0. The minimum absolute atomic E-state index is 0.931. The molecular weight excluding hydrogens is 278 g/mol. The average molecular weight is 318 g/mol. The molecule has 2 N–H and O–H groups in total. The third kappa shape index (κ3) is 8.44. The van der Waals surface area contributed by atoms with E-state index in [9.17, 15) is 0 Å². The molecule has 0 heterocycles. The Balaban J connectivity index is 1.97. The van der Waals surface area contributed by atoms with Crippen LogP contribution in [0.5, 0.6) is 0 Å². The number of aryl methyl sites for hydroxylation is 1. The molecule has 1 nitrogen and oxygen atoms in total. The third-order valence-electron chi connectivity index (χ3n) is 5.24. The highest BCUT2D eigenvalue weighted by molar-refractivity contribution is 5.52. The fraction of sp³-hybridized carbons (Fsp3) is 0.727. The zero-order valence-electron chi connectivity index (χ0n) is 15.9. The summed E-state index contributed by atoms with van der Waals surface area (Å²) in [7, 11) is 0. The summed E-state index contributed by atoms with van der Waals surface area (Å²) in [5, 5.41) is 0. The molecule has 0 radical (unpaired) electrons. The van der Waals surface area contributed by atoms with Gasteiger partial charge in [0.15, 0.2) is 0 Å². The highest BCUT2D eigenvalue weighted by Crippen LogP contribution is 2.21. The van der Waals surface area contributed by atoms with Crippen molar-refractivity contribution >= 4 is 5.69 Å². The zero-order chi connectivity index (χ0) is 16.9. The number of unbranched alkanes of at least 4 members (excludes halogenated alkanes) is 11. The standard InChI is InChI=1S/C22H39N/c1-4-5-6-7-8-9-10-11-12-13-14-15-16-21-17-18-22(23)20(3)19(21)2/h17-18H,4-16,23H2,1-3H3. The lowest BCUT2D eigenvalue weighted by Gasteiger charge is -2.11. The summed E-state index contributed by atoms with van der Waals surface area (Å²) in [5.74, 6) is 0. The highest BCUT2D eigenvalue weighted by atomic mass is 14.6. The molecule has 0 fully saturated rings. The predicted octanol–water partition coefficient (Wildman–Crippen LogP) is 7.13. The van der Waals surface area contributed by atoms with E-state index in [2.05, 4.69) is 32.9 Å². The minimum atomic E-state index is 0.931. The van der Waals surface area contributed by atoms with E-state index in [0.29, 0.717) is 0 Å². The first-order valence-corrected chi connectivity index (χ1v) is 10.0. The van der Waals surface area contributed by atoms with Crippen LogP contribution in [0.2, 0.25) is 0 Å². The van der Waals surface area contributed by atoms with Gasteiger partial charge in [-0.3, -0.25) is 0 Å². The van der Waals surface area contributed by atoms with Crippen molar-refractivity contribution in [2.24, 2.45) is 0 Å². The van der Waals surface area contributed by atoms with Crippen LogP contribution in [0.15, 0.2) is 12.1 Å². The molecule has 0 aliphatic rings. The van der Waals surface area contributed by atoms with E-state index in [1.54, 1.807) is 0 Å². The minimum Gasteiger partial charge on any atom is -0.399 e. The lowest BCUT2D eigenvalue weighted by atomic mass is 9.97. The van der Waals surface area contributed by atoms with Crippen LogP contribution in [0.4, 0.5) is 5.69 Å². The molecule has 0 aliphatic heterocycles. The van der Waals surface area contributed by atoms with Gasteiger partial charge in [0.05, 0.1) is 0 Å². The Morgan fingerprint density at radius 1 is 0.652 bits per heavy atom. The molecular formula is C22H39N. The van der Waals surface area contributed by atoms with Crippen molar-refractivity contribution in [3.63, 3.8) is 0 Å². The maximum Gasteiger partial charge on any atom is 0.0346 e. The average Bonchev–Trinajstić information content (AvgIpc) is 2.55. The number of benzene rings is 1. The molecule has 0 saturated heterocycles. The Labute approximate surface area is 145 Å². The van der Waals surface area contributed by atoms with Gasteiger partial charge in [-0.1, -0.05) is 83.6 Å². The third-order valence-corrected chi connectivity index (χ3v) is 5.24. The van der Waals surface area contributed by atoms with Gasteiger partial charge >= 0.3 is 0 Å². The lowest BCUT2D eigenvalue weighted by Crippen LogP contribution is -1.97. The number of anilines is 1. The number of hydrogen-bond donors (Lipinski definition) is 1. The number of nitrogen functional groups attached to an aromatic ring is 1. The van der Waals surface area contributed by atoms with E-state index in [4.69, 9.17) is 5.73 Å². The SMILES string of the molecule is CCCCCCCCCCCCCCc1ccc(N)c(C)c1C. The van der Waals surface area contributed by atoms with Gasteiger partial charge in [-0.2, -0.15) is 0 Å². The smallest absolute Gasteiger partial charge is 0.0346 e. The molecule has 0 aliphatic carbocycles. The Bertz CT molecular complexity index is 422. The van der Waals surface area contributed by atoms with E-state index < -0.39 is 0 Å². The van der Waals surface area contributed by atoms with Crippen molar-refractivity contribution in [2.45, 2.75) is 104 Å². The monoisotopic (exact) mass is 317 g/mol. The Hall–Kier alpha value is -0.980. The topological polar surface area (TPSA) is 26.0 Å². The van der Waals surface area contributed by atoms with Crippen LogP contribution in [-0.2, 0) is 6.42 Å². The molecule has 1 aromatic carbocycles. The molecule has 0 aromatic heterocycles. The quantitative estimate of drug-likeness (QED) is 0.304. The molecule has 1 rings (SSSR count). The number of rotatable bonds is 13. The summed E-state index contributed by atoms with van der Waals surface area (Å²) in [6.07, 6.45) is 18.2. The summed E-state index contributed by atoms with van der Waals surface area (Å²) in [6, 6.07) is 4.29. The van der Waals surface area contributed by atoms with Crippen molar-refractivity contribution in [2.75, 3.05) is 5.73 Å². The first-order chi connectivity index (χ1) is 11.2. The van der Waals surface area contributed by atoms with Crippen molar-refractivity contribution < 1.29 is 0 Å². The first-order valence-electron chi connectivity index (χ1n) is 10.0. The molecule has 1 aromatic rings. The molecule has 0 bridgehead atoms. The van der Waals surface area contributed by atoms with Gasteiger partial charge in [0.25, 0.3) is 0 Å². The second kappa shape index (κ2) is 12.4. The van der Waals surface area contributed by atoms with E-state index in [1.807, 2.05) is 0 Å². The lowest BCUT2D eigenvalue weighted by molar-refractivity contribution is 0.544. The van der Waals surface area contributed by atoms with E-state index in [0.717, 1.165) is 5.69 Å². The van der Waals surface area contributed by atoms with E-state index in [-0.39, 0.29) is 0 Å². The predicted molar refractivity (Wildman–Crippen MR) is 105 cm³/mol. The second-order valence-electron chi connectivity index (χ2n) is 7.20. The van der Waals surface area contributed by atoms with Crippen LogP contribution in [0.3, 0.4) is 0 Å². The molecule has 0 amide bonds. The van der Waals surface area contributed by atoms with Crippen LogP contribution >= 0.6 is 0 Å². The summed E-state index contributed by atoms with van der Waals surface area (Å²) < 4.78 is 0. The molecule has 0 unspecified atom stereocenters. The second-order valence-corrected chi connectivity index (χ2v) is 7.20. The van der Waals surface area contributed by atoms with Crippen molar-refractivity contribution in [3.8, 4) is 0 Å². The van der Waals surface area contributed by atoms with Crippen LogP contribution in [0, 0.1) is 13.8 Å². The van der Waals surface area contributed by atoms with Gasteiger partial charge < -0.3 is 5.73 Å².